The van der Waals surface area contributed by atoms with E-state index in [0.29, 0.717) is 23.6 Å². The fraction of sp³-hybridized carbons (Fsp3) is 0.250. The zero-order valence-electron chi connectivity index (χ0n) is 17.6. The third-order valence-electron chi connectivity index (χ3n) is 5.41. The number of amides is 1. The molecule has 34 heavy (non-hydrogen) atoms. The van der Waals surface area contributed by atoms with Gasteiger partial charge < -0.3 is 9.64 Å². The summed E-state index contributed by atoms with van der Waals surface area (Å²) in [6.45, 7) is 0.242. The van der Waals surface area contributed by atoms with E-state index in [-0.39, 0.29) is 31.3 Å². The van der Waals surface area contributed by atoms with Crippen molar-refractivity contribution in [2.75, 3.05) is 13.2 Å². The molecule has 0 radical (unpaired) electrons. The number of pyridine rings is 1. The summed E-state index contributed by atoms with van der Waals surface area (Å²) in [7, 11) is 0. The Bertz CT molecular complexity index is 1160. The molecule has 4 rings (SSSR count). The van der Waals surface area contributed by atoms with Gasteiger partial charge in [-0.1, -0.05) is 30.3 Å². The van der Waals surface area contributed by atoms with Crippen LogP contribution in [0.5, 0.6) is 5.88 Å². The number of aromatic nitrogens is 1. The Labute approximate surface area is 190 Å². The smallest absolute Gasteiger partial charge is 0.416 e. The topological polar surface area (TPSA) is 42.4 Å². The van der Waals surface area contributed by atoms with E-state index >= 15 is 0 Å². The summed E-state index contributed by atoms with van der Waals surface area (Å²) in [6, 6.07) is 12.2. The molecule has 0 N–H and O–H groups in total. The molecule has 178 valence electrons. The number of carbonyl (C=O) groups is 1. The van der Waals surface area contributed by atoms with Crippen LogP contribution in [0.4, 0.5) is 26.3 Å². The minimum absolute atomic E-state index is 0.0435. The first kappa shape index (κ1) is 23.6. The first-order chi connectivity index (χ1) is 16.0. The van der Waals surface area contributed by atoms with E-state index in [2.05, 4.69) is 4.98 Å². The largest absolute Gasteiger partial charge is 0.476 e. The van der Waals surface area contributed by atoms with Gasteiger partial charge in [0.15, 0.2) is 0 Å². The highest BCUT2D eigenvalue weighted by atomic mass is 19.4. The normalized spacial score (nSPS) is 14.2. The number of hydrogen-bond acceptors (Lipinski definition) is 3. The molecule has 0 bridgehead atoms. The Kier molecular flexibility index (Phi) is 6.24. The maximum atomic E-state index is 13.2. The minimum atomic E-state index is -4.98. The molecule has 3 aromatic rings. The fourth-order valence-electron chi connectivity index (χ4n) is 3.78. The molecular weight excluding hydrogens is 462 g/mol. The van der Waals surface area contributed by atoms with Crippen molar-refractivity contribution < 1.29 is 35.9 Å². The number of nitrogens with zero attached hydrogens (tertiary/aromatic N) is 2. The molecule has 1 aliphatic heterocycles. The van der Waals surface area contributed by atoms with E-state index in [1.165, 1.54) is 4.90 Å². The second kappa shape index (κ2) is 9.00. The quantitative estimate of drug-likeness (QED) is 0.449. The van der Waals surface area contributed by atoms with E-state index in [1.807, 2.05) is 30.3 Å². The van der Waals surface area contributed by atoms with Gasteiger partial charge in [0.1, 0.15) is 6.61 Å². The van der Waals surface area contributed by atoms with Gasteiger partial charge in [-0.3, -0.25) is 4.79 Å². The Morgan fingerprint density at radius 3 is 2.21 bits per heavy atom. The average Bonchev–Trinajstić information content (AvgIpc) is 3.01. The van der Waals surface area contributed by atoms with Gasteiger partial charge in [-0.15, -0.1) is 0 Å². The van der Waals surface area contributed by atoms with Gasteiger partial charge in [0.2, 0.25) is 11.8 Å². The highest BCUT2D eigenvalue weighted by molar-refractivity contribution is 5.80. The van der Waals surface area contributed by atoms with Crippen LogP contribution in [0, 0.1) is 0 Å². The van der Waals surface area contributed by atoms with Crippen LogP contribution in [-0.4, -0.2) is 28.9 Å². The number of fused-ring (bicyclic) bond motifs is 1. The molecule has 10 heteroatoms. The van der Waals surface area contributed by atoms with Gasteiger partial charge in [0.05, 0.1) is 30.6 Å². The van der Waals surface area contributed by atoms with Crippen LogP contribution in [0.15, 0.2) is 60.8 Å². The van der Waals surface area contributed by atoms with Gasteiger partial charge in [-0.05, 0) is 41.0 Å². The predicted molar refractivity (Wildman–Crippen MR) is 111 cm³/mol. The molecule has 1 aromatic heterocycles. The molecule has 0 unspecified atom stereocenters. The van der Waals surface area contributed by atoms with Crippen molar-refractivity contribution in [1.82, 2.24) is 9.88 Å². The molecule has 0 spiro atoms. The van der Waals surface area contributed by atoms with Gasteiger partial charge in [0, 0.05) is 11.8 Å². The van der Waals surface area contributed by atoms with Crippen LogP contribution in [0.25, 0.3) is 11.1 Å². The standard InChI is InChI=1S/C24H18F6N2O2/c25-23(26,27)17-10-15(11-18(13-17)24(28,29)30)12-21(33)32-8-9-34-22-20(14-32)19(6-7-31-22)16-4-2-1-3-5-16/h1-7,10-11,13H,8-9,12,14H2. The number of rotatable bonds is 3. The summed E-state index contributed by atoms with van der Waals surface area (Å²) in [5.41, 5.74) is -1.04. The number of ether oxygens (including phenoxy) is 1. The summed E-state index contributed by atoms with van der Waals surface area (Å²) >= 11 is 0. The number of halogens is 6. The van der Waals surface area contributed by atoms with Gasteiger partial charge in [-0.25, -0.2) is 4.98 Å². The summed E-state index contributed by atoms with van der Waals surface area (Å²) in [5.74, 6) is -0.290. The van der Waals surface area contributed by atoms with Gasteiger partial charge in [0.25, 0.3) is 0 Å². The van der Waals surface area contributed by atoms with E-state index in [9.17, 15) is 31.1 Å². The lowest BCUT2D eigenvalue weighted by Gasteiger charge is -2.22. The van der Waals surface area contributed by atoms with Crippen LogP contribution in [0.1, 0.15) is 22.3 Å². The molecule has 4 nitrogen and oxygen atoms in total. The summed E-state index contributed by atoms with van der Waals surface area (Å²) in [6.07, 6.45) is -9.02. The molecular formula is C24H18F6N2O2. The highest BCUT2D eigenvalue weighted by Gasteiger charge is 2.37. The predicted octanol–water partition coefficient (Wildman–Crippen LogP) is 5.75. The molecule has 2 aromatic carbocycles. The number of hydrogen-bond donors (Lipinski definition) is 0. The third kappa shape index (κ3) is 5.16. The van der Waals surface area contributed by atoms with Crippen molar-refractivity contribution in [3.05, 3.63) is 83.0 Å². The van der Waals surface area contributed by atoms with Crippen molar-refractivity contribution in [2.45, 2.75) is 25.3 Å². The molecule has 0 atom stereocenters. The van der Waals surface area contributed by atoms with Crippen molar-refractivity contribution in [2.24, 2.45) is 0 Å². The Balaban J connectivity index is 1.63. The lowest BCUT2D eigenvalue weighted by atomic mass is 10.00. The van der Waals surface area contributed by atoms with E-state index in [0.717, 1.165) is 11.1 Å². The third-order valence-corrected chi connectivity index (χ3v) is 5.41. The monoisotopic (exact) mass is 480 g/mol. The average molecular weight is 480 g/mol. The lowest BCUT2D eigenvalue weighted by molar-refractivity contribution is -0.143. The minimum Gasteiger partial charge on any atom is -0.476 e. The molecule has 0 aliphatic carbocycles. The second-order valence-corrected chi connectivity index (χ2v) is 7.76. The molecule has 0 saturated heterocycles. The summed E-state index contributed by atoms with van der Waals surface area (Å²) in [5, 5.41) is 0. The van der Waals surface area contributed by atoms with Crippen LogP contribution < -0.4 is 4.74 Å². The Morgan fingerprint density at radius 1 is 0.941 bits per heavy atom. The van der Waals surface area contributed by atoms with Gasteiger partial charge in [-0.2, -0.15) is 26.3 Å². The Morgan fingerprint density at radius 2 is 1.59 bits per heavy atom. The number of alkyl halides is 6. The van der Waals surface area contributed by atoms with Crippen molar-refractivity contribution in [1.29, 1.82) is 0 Å². The number of carbonyl (C=O) groups excluding carboxylic acids is 1. The van der Waals surface area contributed by atoms with Crippen molar-refractivity contribution in [3.63, 3.8) is 0 Å². The van der Waals surface area contributed by atoms with Crippen molar-refractivity contribution >= 4 is 5.91 Å². The van der Waals surface area contributed by atoms with Crippen LogP contribution in [0.2, 0.25) is 0 Å². The van der Waals surface area contributed by atoms with Crippen LogP contribution in [-0.2, 0) is 30.1 Å². The molecule has 1 amide bonds. The first-order valence-electron chi connectivity index (χ1n) is 10.2. The fourth-order valence-corrected chi connectivity index (χ4v) is 3.78. The molecule has 2 heterocycles. The van der Waals surface area contributed by atoms with E-state index in [4.69, 9.17) is 4.74 Å². The summed E-state index contributed by atoms with van der Waals surface area (Å²) < 4.78 is 84.7. The first-order valence-corrected chi connectivity index (χ1v) is 10.2. The van der Waals surface area contributed by atoms with E-state index in [1.54, 1.807) is 12.3 Å². The Hall–Kier alpha value is -3.56. The number of benzene rings is 2. The van der Waals surface area contributed by atoms with Crippen molar-refractivity contribution in [3.8, 4) is 17.0 Å². The maximum absolute atomic E-state index is 13.2. The van der Waals surface area contributed by atoms with E-state index < -0.39 is 35.8 Å². The zero-order valence-corrected chi connectivity index (χ0v) is 17.6. The second-order valence-electron chi connectivity index (χ2n) is 7.76. The SMILES string of the molecule is O=C(Cc1cc(C(F)(F)F)cc(C(F)(F)F)c1)N1CCOc2nccc(-c3ccccc3)c2C1. The zero-order chi connectivity index (χ0) is 24.5. The molecule has 1 aliphatic rings. The molecule has 0 fully saturated rings. The highest BCUT2D eigenvalue weighted by Crippen LogP contribution is 2.37. The van der Waals surface area contributed by atoms with Crippen LogP contribution in [0.3, 0.4) is 0 Å². The summed E-state index contributed by atoms with van der Waals surface area (Å²) in [4.78, 5) is 18.6. The van der Waals surface area contributed by atoms with Crippen LogP contribution >= 0.6 is 0 Å². The lowest BCUT2D eigenvalue weighted by Crippen LogP contribution is -2.33. The molecule has 0 saturated carbocycles. The maximum Gasteiger partial charge on any atom is 0.416 e. The van der Waals surface area contributed by atoms with Gasteiger partial charge >= 0.3 is 12.4 Å².